The fraction of sp³-hybridized carbons (Fsp3) is 0.611. The van der Waals surface area contributed by atoms with Crippen LogP contribution in [0.5, 0.6) is 0 Å². The third kappa shape index (κ3) is 3.92. The van der Waals surface area contributed by atoms with Crippen LogP contribution in [-0.4, -0.2) is 54.3 Å². The van der Waals surface area contributed by atoms with E-state index >= 15 is 0 Å². The highest BCUT2D eigenvalue weighted by molar-refractivity contribution is 5.99. The van der Waals surface area contributed by atoms with E-state index in [1.54, 1.807) is 0 Å². The third-order valence-corrected chi connectivity index (χ3v) is 4.78. The second kappa shape index (κ2) is 7.19. The first-order chi connectivity index (χ1) is 10.0. The Balaban J connectivity index is 1.96. The van der Waals surface area contributed by atoms with Crippen LogP contribution in [0.2, 0.25) is 0 Å². The van der Waals surface area contributed by atoms with Gasteiger partial charge in [-0.05, 0) is 46.8 Å². The van der Waals surface area contributed by atoms with Crippen LogP contribution < -0.4 is 0 Å². The highest BCUT2D eigenvalue weighted by atomic mass is 16.1. The first-order valence-electron chi connectivity index (χ1n) is 8.08. The Labute approximate surface area is 128 Å². The molecule has 1 aliphatic rings. The minimum absolute atomic E-state index is 0.0630. The Morgan fingerprint density at radius 2 is 2.05 bits per heavy atom. The van der Waals surface area contributed by atoms with Crippen LogP contribution in [0.1, 0.15) is 42.6 Å². The lowest BCUT2D eigenvalue weighted by atomic mass is 10.0. The summed E-state index contributed by atoms with van der Waals surface area (Å²) in [5.41, 5.74) is 2.01. The van der Waals surface area contributed by atoms with Gasteiger partial charge in [-0.2, -0.15) is 0 Å². The molecule has 1 aromatic rings. The quantitative estimate of drug-likeness (QED) is 0.752. The number of ketones is 1. The van der Waals surface area contributed by atoms with E-state index in [2.05, 4.69) is 23.8 Å². The number of likely N-dealkylation sites (tertiary alicyclic amines) is 1. The molecule has 1 fully saturated rings. The number of carbonyl (C=O) groups is 1. The molecular weight excluding hydrogens is 260 g/mol. The van der Waals surface area contributed by atoms with Crippen molar-refractivity contribution >= 4 is 5.78 Å². The molecule has 0 aromatic heterocycles. The van der Waals surface area contributed by atoms with Crippen molar-refractivity contribution in [3.8, 4) is 0 Å². The molecule has 0 N–H and O–H groups in total. The molecule has 0 spiro atoms. The fourth-order valence-electron chi connectivity index (χ4n) is 3.17. The predicted molar refractivity (Wildman–Crippen MR) is 87.9 cm³/mol. The molecular formula is C18H28N2O. The lowest BCUT2D eigenvalue weighted by Crippen LogP contribution is -2.44. The molecule has 1 saturated heterocycles. The number of aryl methyl sites for hydroxylation is 1. The number of benzene rings is 1. The standard InChI is InChI=1S/C18H28N2O/c1-5-20-12-6-7-17(20)13-19(4)15(3)18(21)16-10-8-14(2)9-11-16/h8-11,15,17H,5-7,12-13H2,1-4H3. The van der Waals surface area contributed by atoms with Gasteiger partial charge in [0.15, 0.2) is 5.78 Å². The summed E-state index contributed by atoms with van der Waals surface area (Å²) in [7, 11) is 2.07. The topological polar surface area (TPSA) is 23.6 Å². The second-order valence-electron chi connectivity index (χ2n) is 6.27. The van der Waals surface area contributed by atoms with Crippen LogP contribution in [-0.2, 0) is 0 Å². The van der Waals surface area contributed by atoms with Gasteiger partial charge in [-0.15, -0.1) is 0 Å². The maximum atomic E-state index is 12.6. The van der Waals surface area contributed by atoms with E-state index in [0.29, 0.717) is 6.04 Å². The highest BCUT2D eigenvalue weighted by Gasteiger charge is 2.27. The zero-order chi connectivity index (χ0) is 15.4. The minimum Gasteiger partial charge on any atom is -0.299 e. The van der Waals surface area contributed by atoms with Crippen LogP contribution in [0.4, 0.5) is 0 Å². The smallest absolute Gasteiger partial charge is 0.179 e. The molecule has 0 amide bonds. The van der Waals surface area contributed by atoms with Gasteiger partial charge in [0.05, 0.1) is 6.04 Å². The van der Waals surface area contributed by atoms with Gasteiger partial charge in [0.25, 0.3) is 0 Å². The van der Waals surface area contributed by atoms with Gasteiger partial charge in [0.2, 0.25) is 0 Å². The summed E-state index contributed by atoms with van der Waals surface area (Å²) in [6.45, 7) is 9.58. The maximum Gasteiger partial charge on any atom is 0.179 e. The number of hydrogen-bond acceptors (Lipinski definition) is 3. The fourth-order valence-corrected chi connectivity index (χ4v) is 3.17. The maximum absolute atomic E-state index is 12.6. The highest BCUT2D eigenvalue weighted by Crippen LogP contribution is 2.19. The molecule has 0 saturated carbocycles. The summed E-state index contributed by atoms with van der Waals surface area (Å²) < 4.78 is 0. The van der Waals surface area contributed by atoms with Crippen LogP contribution >= 0.6 is 0 Å². The SMILES string of the molecule is CCN1CCCC1CN(C)C(C)C(=O)c1ccc(C)cc1. The Bertz CT molecular complexity index is 469. The molecule has 0 aliphatic carbocycles. The molecule has 3 heteroatoms. The van der Waals surface area contributed by atoms with Gasteiger partial charge in [-0.3, -0.25) is 14.6 Å². The zero-order valence-electron chi connectivity index (χ0n) is 13.8. The van der Waals surface area contributed by atoms with Crippen LogP contribution in [0.15, 0.2) is 24.3 Å². The number of rotatable bonds is 6. The minimum atomic E-state index is -0.0630. The molecule has 2 unspecified atom stereocenters. The van der Waals surface area contributed by atoms with Crippen LogP contribution in [0, 0.1) is 6.92 Å². The monoisotopic (exact) mass is 288 g/mol. The third-order valence-electron chi connectivity index (χ3n) is 4.78. The summed E-state index contributed by atoms with van der Waals surface area (Å²) in [6.07, 6.45) is 2.54. The predicted octanol–water partition coefficient (Wildman–Crippen LogP) is 2.98. The van der Waals surface area contributed by atoms with E-state index in [-0.39, 0.29) is 11.8 Å². The van der Waals surface area contributed by atoms with Crippen LogP contribution in [0.3, 0.4) is 0 Å². The summed E-state index contributed by atoms with van der Waals surface area (Å²) in [5, 5.41) is 0. The zero-order valence-corrected chi connectivity index (χ0v) is 13.8. The summed E-state index contributed by atoms with van der Waals surface area (Å²) in [4.78, 5) is 17.3. The normalized spacial score (nSPS) is 20.9. The molecule has 21 heavy (non-hydrogen) atoms. The van der Waals surface area contributed by atoms with Crippen molar-refractivity contribution in [1.29, 1.82) is 0 Å². The first-order valence-corrected chi connectivity index (χ1v) is 8.08. The van der Waals surface area contributed by atoms with Crippen molar-refractivity contribution in [1.82, 2.24) is 9.80 Å². The van der Waals surface area contributed by atoms with Gasteiger partial charge in [0, 0.05) is 18.2 Å². The number of nitrogens with zero attached hydrogens (tertiary/aromatic N) is 2. The van der Waals surface area contributed by atoms with Crippen molar-refractivity contribution < 1.29 is 4.79 Å². The Hall–Kier alpha value is -1.19. The molecule has 0 bridgehead atoms. The number of likely N-dealkylation sites (N-methyl/N-ethyl adjacent to an activating group) is 2. The van der Waals surface area contributed by atoms with E-state index in [9.17, 15) is 4.79 Å². The number of hydrogen-bond donors (Lipinski definition) is 0. The average molecular weight is 288 g/mol. The van der Waals surface area contributed by atoms with E-state index in [4.69, 9.17) is 0 Å². The summed E-state index contributed by atoms with van der Waals surface area (Å²) in [6, 6.07) is 8.44. The van der Waals surface area contributed by atoms with Crippen molar-refractivity contribution in [3.05, 3.63) is 35.4 Å². The molecule has 2 atom stereocenters. The van der Waals surface area contributed by atoms with Crippen molar-refractivity contribution in [2.24, 2.45) is 0 Å². The second-order valence-corrected chi connectivity index (χ2v) is 6.27. The van der Waals surface area contributed by atoms with Crippen molar-refractivity contribution in [2.45, 2.75) is 45.7 Å². The van der Waals surface area contributed by atoms with E-state index in [1.807, 2.05) is 38.1 Å². The molecule has 0 radical (unpaired) electrons. The van der Waals surface area contributed by atoms with Gasteiger partial charge >= 0.3 is 0 Å². The van der Waals surface area contributed by atoms with E-state index in [1.165, 1.54) is 24.9 Å². The largest absolute Gasteiger partial charge is 0.299 e. The van der Waals surface area contributed by atoms with Crippen molar-refractivity contribution in [2.75, 3.05) is 26.7 Å². The number of Topliss-reactive ketones (excluding diaryl/α,β-unsaturated/α-hetero) is 1. The first kappa shape index (κ1) is 16.2. The van der Waals surface area contributed by atoms with E-state index < -0.39 is 0 Å². The molecule has 1 heterocycles. The van der Waals surface area contributed by atoms with Crippen LogP contribution in [0.25, 0.3) is 0 Å². The molecule has 2 rings (SSSR count). The molecule has 116 valence electrons. The lowest BCUT2D eigenvalue weighted by Gasteiger charge is -2.30. The van der Waals surface area contributed by atoms with Gasteiger partial charge in [-0.1, -0.05) is 36.8 Å². The Kier molecular flexibility index (Phi) is 5.54. The average Bonchev–Trinajstić information content (AvgIpc) is 2.93. The van der Waals surface area contributed by atoms with Crippen molar-refractivity contribution in [3.63, 3.8) is 0 Å². The Morgan fingerprint density at radius 3 is 2.67 bits per heavy atom. The van der Waals surface area contributed by atoms with Gasteiger partial charge in [0.1, 0.15) is 0 Å². The van der Waals surface area contributed by atoms with E-state index in [0.717, 1.165) is 18.7 Å². The Morgan fingerprint density at radius 1 is 1.38 bits per heavy atom. The molecule has 3 nitrogen and oxygen atoms in total. The number of carbonyl (C=O) groups excluding carboxylic acids is 1. The van der Waals surface area contributed by atoms with Gasteiger partial charge in [-0.25, -0.2) is 0 Å². The molecule has 1 aromatic carbocycles. The molecule has 1 aliphatic heterocycles. The lowest BCUT2D eigenvalue weighted by molar-refractivity contribution is 0.0836. The van der Waals surface area contributed by atoms with Gasteiger partial charge < -0.3 is 0 Å². The summed E-state index contributed by atoms with van der Waals surface area (Å²) >= 11 is 0. The summed E-state index contributed by atoms with van der Waals surface area (Å²) in [5.74, 6) is 0.221.